The Hall–Kier alpha value is -2.15. The van der Waals surface area contributed by atoms with Crippen molar-refractivity contribution in [1.29, 1.82) is 0 Å². The Morgan fingerprint density at radius 3 is 2.94 bits per heavy atom. The van der Waals surface area contributed by atoms with Crippen LogP contribution >= 0.6 is 11.8 Å². The van der Waals surface area contributed by atoms with Gasteiger partial charge < -0.3 is 10.7 Å². The van der Waals surface area contributed by atoms with Gasteiger partial charge in [0.15, 0.2) is 5.65 Å². The van der Waals surface area contributed by atoms with E-state index in [9.17, 15) is 0 Å². The number of aryl methyl sites for hydroxylation is 1. The third-order valence-corrected chi connectivity index (χ3v) is 3.43. The summed E-state index contributed by atoms with van der Waals surface area (Å²) in [6.45, 7) is 1.88. The van der Waals surface area contributed by atoms with Gasteiger partial charge in [-0.2, -0.15) is 0 Å². The van der Waals surface area contributed by atoms with Crippen molar-refractivity contribution < 1.29 is 0 Å². The van der Waals surface area contributed by atoms with E-state index < -0.39 is 0 Å². The van der Waals surface area contributed by atoms with Crippen molar-refractivity contribution in [2.45, 2.75) is 17.0 Å². The SMILES string of the molecule is Cc1nc(Sc2ncnc3nc[nH]c23)ccc1N. The molecule has 0 atom stereocenters. The number of nitrogens with one attached hydrogen (secondary N) is 1. The van der Waals surface area contributed by atoms with Crippen LogP contribution in [0, 0.1) is 6.92 Å². The number of pyridine rings is 1. The van der Waals surface area contributed by atoms with Gasteiger partial charge in [0, 0.05) is 0 Å². The summed E-state index contributed by atoms with van der Waals surface area (Å²) in [5, 5.41) is 1.64. The van der Waals surface area contributed by atoms with Crippen LogP contribution in [0.2, 0.25) is 0 Å². The van der Waals surface area contributed by atoms with Gasteiger partial charge in [-0.25, -0.2) is 19.9 Å². The Kier molecular flexibility index (Phi) is 2.60. The van der Waals surface area contributed by atoms with Gasteiger partial charge in [0.05, 0.1) is 17.7 Å². The number of nitrogen functional groups attached to an aromatic ring is 1. The monoisotopic (exact) mass is 258 g/mol. The molecule has 0 aromatic carbocycles. The molecule has 3 N–H and O–H groups in total. The Bertz CT molecular complexity index is 708. The van der Waals surface area contributed by atoms with Crippen LogP contribution in [0.3, 0.4) is 0 Å². The Labute approximate surface area is 107 Å². The second-order valence-corrected chi connectivity index (χ2v) is 4.72. The second kappa shape index (κ2) is 4.26. The number of fused-ring (bicyclic) bond motifs is 1. The van der Waals surface area contributed by atoms with Gasteiger partial charge >= 0.3 is 0 Å². The standard InChI is InChI=1S/C11H10N6S/c1-6-7(12)2-3-8(17-6)18-11-9-10(14-4-13-9)15-5-16-11/h2-5H,12H2,1H3,(H,13,14,15,16). The maximum Gasteiger partial charge on any atom is 0.181 e. The molecule has 0 bridgehead atoms. The first kappa shape index (κ1) is 11.0. The molecule has 3 aromatic rings. The molecule has 7 heteroatoms. The van der Waals surface area contributed by atoms with E-state index in [2.05, 4.69) is 24.9 Å². The average molecular weight is 258 g/mol. The van der Waals surface area contributed by atoms with Crippen LogP contribution < -0.4 is 5.73 Å². The van der Waals surface area contributed by atoms with E-state index in [1.165, 1.54) is 18.1 Å². The molecule has 0 amide bonds. The molecule has 0 unspecified atom stereocenters. The topological polar surface area (TPSA) is 93.4 Å². The summed E-state index contributed by atoms with van der Waals surface area (Å²) in [7, 11) is 0. The number of H-pyrrole nitrogens is 1. The summed E-state index contributed by atoms with van der Waals surface area (Å²) in [6, 6.07) is 3.72. The zero-order valence-corrected chi connectivity index (χ0v) is 10.4. The molecule has 0 saturated carbocycles. The first-order valence-electron chi connectivity index (χ1n) is 5.29. The molecule has 18 heavy (non-hydrogen) atoms. The maximum absolute atomic E-state index is 5.74. The number of anilines is 1. The van der Waals surface area contributed by atoms with Crippen molar-refractivity contribution in [1.82, 2.24) is 24.9 Å². The Balaban J connectivity index is 2.01. The minimum atomic E-state index is 0.652. The highest BCUT2D eigenvalue weighted by Gasteiger charge is 2.08. The van der Waals surface area contributed by atoms with Crippen molar-refractivity contribution in [3.05, 3.63) is 30.5 Å². The predicted octanol–water partition coefficient (Wildman–Crippen LogP) is 1.79. The Morgan fingerprint density at radius 1 is 1.22 bits per heavy atom. The first-order valence-corrected chi connectivity index (χ1v) is 6.11. The van der Waals surface area contributed by atoms with Crippen LogP contribution in [0.4, 0.5) is 5.69 Å². The van der Waals surface area contributed by atoms with Gasteiger partial charge in [0.25, 0.3) is 0 Å². The molecule has 3 heterocycles. The maximum atomic E-state index is 5.74. The molecule has 90 valence electrons. The third kappa shape index (κ3) is 1.88. The summed E-state index contributed by atoms with van der Waals surface area (Å²) >= 11 is 1.46. The van der Waals surface area contributed by atoms with Crippen LogP contribution in [0.1, 0.15) is 5.69 Å². The van der Waals surface area contributed by atoms with Gasteiger partial charge in [-0.1, -0.05) is 0 Å². The summed E-state index contributed by atoms with van der Waals surface area (Å²) in [6.07, 6.45) is 3.10. The predicted molar refractivity (Wildman–Crippen MR) is 69.2 cm³/mol. The van der Waals surface area contributed by atoms with E-state index in [1.54, 1.807) is 6.33 Å². The fourth-order valence-electron chi connectivity index (χ4n) is 1.52. The van der Waals surface area contributed by atoms with Crippen molar-refractivity contribution in [2.75, 3.05) is 5.73 Å². The lowest BCUT2D eigenvalue weighted by Gasteiger charge is -2.03. The number of hydrogen-bond donors (Lipinski definition) is 2. The molecular weight excluding hydrogens is 248 g/mol. The van der Waals surface area contributed by atoms with Gasteiger partial charge in [-0.3, -0.25) is 0 Å². The minimum absolute atomic E-state index is 0.652. The van der Waals surface area contributed by atoms with Gasteiger partial charge in [-0.15, -0.1) is 0 Å². The highest BCUT2D eigenvalue weighted by molar-refractivity contribution is 7.99. The molecule has 6 nitrogen and oxygen atoms in total. The largest absolute Gasteiger partial charge is 0.397 e. The van der Waals surface area contributed by atoms with Crippen molar-refractivity contribution in [3.8, 4) is 0 Å². The van der Waals surface area contributed by atoms with E-state index in [1.807, 2.05) is 19.1 Å². The molecule has 0 aliphatic heterocycles. The van der Waals surface area contributed by atoms with E-state index in [0.29, 0.717) is 11.3 Å². The smallest absolute Gasteiger partial charge is 0.181 e. The van der Waals surface area contributed by atoms with Gasteiger partial charge in [-0.05, 0) is 30.8 Å². The molecule has 0 aliphatic rings. The van der Waals surface area contributed by atoms with E-state index in [-0.39, 0.29) is 0 Å². The van der Waals surface area contributed by atoms with E-state index >= 15 is 0 Å². The van der Waals surface area contributed by atoms with Crippen LogP contribution in [0.25, 0.3) is 11.2 Å². The van der Waals surface area contributed by atoms with Crippen LogP contribution in [0.15, 0.2) is 34.8 Å². The average Bonchev–Trinajstić information content (AvgIpc) is 2.83. The molecular formula is C11H10N6S. The normalized spacial score (nSPS) is 10.9. The molecule has 3 rings (SSSR count). The number of aromatic amines is 1. The molecule has 3 aromatic heterocycles. The third-order valence-electron chi connectivity index (χ3n) is 2.49. The number of imidazole rings is 1. The molecule has 0 saturated heterocycles. The lowest BCUT2D eigenvalue weighted by atomic mass is 10.3. The molecule has 0 spiro atoms. The van der Waals surface area contributed by atoms with E-state index in [0.717, 1.165) is 21.3 Å². The second-order valence-electron chi connectivity index (χ2n) is 3.71. The summed E-state index contributed by atoms with van der Waals surface area (Å²) < 4.78 is 0. The highest BCUT2D eigenvalue weighted by atomic mass is 32.2. The van der Waals surface area contributed by atoms with Crippen LogP contribution in [-0.4, -0.2) is 24.9 Å². The lowest BCUT2D eigenvalue weighted by molar-refractivity contribution is 1.05. The number of nitrogens with zero attached hydrogens (tertiary/aromatic N) is 4. The fourth-order valence-corrected chi connectivity index (χ4v) is 2.39. The fraction of sp³-hybridized carbons (Fsp3) is 0.0909. The quantitative estimate of drug-likeness (QED) is 0.681. The summed E-state index contributed by atoms with van der Waals surface area (Å²) in [5.74, 6) is 0. The summed E-state index contributed by atoms with van der Waals surface area (Å²) in [4.78, 5) is 19.8. The number of nitrogens with two attached hydrogens (primary N) is 1. The number of hydrogen-bond acceptors (Lipinski definition) is 6. The van der Waals surface area contributed by atoms with Gasteiger partial charge in [0.2, 0.25) is 0 Å². The zero-order valence-electron chi connectivity index (χ0n) is 9.58. The molecule has 0 fully saturated rings. The zero-order chi connectivity index (χ0) is 12.5. The van der Waals surface area contributed by atoms with E-state index in [4.69, 9.17) is 5.73 Å². The van der Waals surface area contributed by atoms with Crippen molar-refractivity contribution in [2.24, 2.45) is 0 Å². The van der Waals surface area contributed by atoms with Gasteiger partial charge in [0.1, 0.15) is 21.9 Å². The van der Waals surface area contributed by atoms with Crippen LogP contribution in [0.5, 0.6) is 0 Å². The lowest BCUT2D eigenvalue weighted by Crippen LogP contribution is -1.94. The Morgan fingerprint density at radius 2 is 2.11 bits per heavy atom. The van der Waals surface area contributed by atoms with Crippen LogP contribution in [-0.2, 0) is 0 Å². The number of aromatic nitrogens is 5. The molecule has 0 aliphatic carbocycles. The number of rotatable bonds is 2. The summed E-state index contributed by atoms with van der Waals surface area (Å²) in [5.41, 5.74) is 8.72. The van der Waals surface area contributed by atoms with Crippen molar-refractivity contribution in [3.63, 3.8) is 0 Å². The first-order chi connectivity index (χ1) is 8.74. The minimum Gasteiger partial charge on any atom is -0.397 e. The molecule has 0 radical (unpaired) electrons. The van der Waals surface area contributed by atoms with Crippen molar-refractivity contribution >= 4 is 28.6 Å². The highest BCUT2D eigenvalue weighted by Crippen LogP contribution is 2.29.